The molecule has 2 rings (SSSR count). The van der Waals surface area contributed by atoms with Crippen LogP contribution in [0.1, 0.15) is 17.2 Å². The highest BCUT2D eigenvalue weighted by Crippen LogP contribution is 2.39. The molecule has 1 aliphatic heterocycles. The highest BCUT2D eigenvalue weighted by Gasteiger charge is 2.40. The summed E-state index contributed by atoms with van der Waals surface area (Å²) in [6.45, 7) is 1.41. The van der Waals surface area contributed by atoms with Crippen LogP contribution in [0, 0.1) is 5.82 Å². The smallest absolute Gasteiger partial charge is 0.374 e. The van der Waals surface area contributed by atoms with Gasteiger partial charge in [-0.05, 0) is 31.8 Å². The van der Waals surface area contributed by atoms with Crippen LogP contribution in [-0.4, -0.2) is 44.8 Å². The molecule has 1 heterocycles. The minimum absolute atomic E-state index is 0.0475. The molecule has 1 saturated heterocycles. The first-order chi connectivity index (χ1) is 9.84. The van der Waals surface area contributed by atoms with E-state index in [4.69, 9.17) is 4.74 Å². The third-order valence-electron chi connectivity index (χ3n) is 3.65. The molecule has 2 unspecified atom stereocenters. The van der Waals surface area contributed by atoms with Crippen LogP contribution >= 0.6 is 0 Å². The molecular formula is C14H18F4N2O. The molecule has 7 heteroatoms. The second kappa shape index (κ2) is 6.29. The van der Waals surface area contributed by atoms with Gasteiger partial charge in [-0.3, -0.25) is 4.90 Å². The molecule has 0 aliphatic carbocycles. The fourth-order valence-corrected chi connectivity index (χ4v) is 2.70. The lowest BCUT2D eigenvalue weighted by atomic mass is 9.93. The number of rotatable bonds is 3. The van der Waals surface area contributed by atoms with Gasteiger partial charge in [0.15, 0.2) is 0 Å². The van der Waals surface area contributed by atoms with Gasteiger partial charge in [-0.15, -0.1) is 0 Å². The maximum Gasteiger partial charge on any atom is 0.416 e. The average Bonchev–Trinajstić information content (AvgIpc) is 2.39. The van der Waals surface area contributed by atoms with Crippen molar-refractivity contribution in [3.05, 3.63) is 35.1 Å². The number of morpholine rings is 1. The van der Waals surface area contributed by atoms with Crippen LogP contribution in [0.4, 0.5) is 17.6 Å². The lowest BCUT2D eigenvalue weighted by molar-refractivity contribution is -0.140. The topological polar surface area (TPSA) is 24.5 Å². The van der Waals surface area contributed by atoms with E-state index in [1.54, 1.807) is 14.1 Å². The van der Waals surface area contributed by atoms with E-state index in [1.807, 2.05) is 4.90 Å². The van der Waals surface area contributed by atoms with Crippen molar-refractivity contribution in [2.75, 3.05) is 33.8 Å². The molecule has 3 nitrogen and oxygen atoms in total. The van der Waals surface area contributed by atoms with Crippen molar-refractivity contribution in [3.8, 4) is 0 Å². The SMILES string of the molecule is CNCC1OCCN(C)C1c1ccc(F)cc1C(F)(F)F. The number of benzene rings is 1. The summed E-state index contributed by atoms with van der Waals surface area (Å²) in [6, 6.07) is 2.25. The Labute approximate surface area is 120 Å². The second-order valence-corrected chi connectivity index (χ2v) is 5.12. The molecule has 0 spiro atoms. The highest BCUT2D eigenvalue weighted by molar-refractivity contribution is 5.34. The summed E-state index contributed by atoms with van der Waals surface area (Å²) >= 11 is 0. The van der Waals surface area contributed by atoms with Crippen molar-refractivity contribution >= 4 is 0 Å². The molecule has 1 fully saturated rings. The molecule has 2 atom stereocenters. The quantitative estimate of drug-likeness (QED) is 0.868. The number of likely N-dealkylation sites (N-methyl/N-ethyl adjacent to an activating group) is 2. The van der Waals surface area contributed by atoms with Gasteiger partial charge in [-0.1, -0.05) is 6.07 Å². The van der Waals surface area contributed by atoms with Gasteiger partial charge in [0.25, 0.3) is 0 Å². The Morgan fingerprint density at radius 1 is 1.38 bits per heavy atom. The number of ether oxygens (including phenoxy) is 1. The van der Waals surface area contributed by atoms with Crippen LogP contribution in [0.3, 0.4) is 0 Å². The van der Waals surface area contributed by atoms with Gasteiger partial charge in [0.2, 0.25) is 0 Å². The maximum absolute atomic E-state index is 13.2. The number of halogens is 4. The summed E-state index contributed by atoms with van der Waals surface area (Å²) < 4.78 is 58.4. The Balaban J connectivity index is 2.47. The first-order valence-electron chi connectivity index (χ1n) is 6.67. The van der Waals surface area contributed by atoms with Crippen LogP contribution in [0.25, 0.3) is 0 Å². The monoisotopic (exact) mass is 306 g/mol. The van der Waals surface area contributed by atoms with E-state index in [2.05, 4.69) is 5.32 Å². The van der Waals surface area contributed by atoms with Crippen molar-refractivity contribution < 1.29 is 22.3 Å². The number of nitrogens with one attached hydrogen (secondary N) is 1. The standard InChI is InChI=1S/C14H18F4N2O/c1-19-8-12-13(20(2)5-6-21-12)10-4-3-9(15)7-11(10)14(16,17)18/h3-4,7,12-13,19H,5-6,8H2,1-2H3. The average molecular weight is 306 g/mol. The van der Waals surface area contributed by atoms with E-state index >= 15 is 0 Å². The van der Waals surface area contributed by atoms with Gasteiger partial charge in [0, 0.05) is 13.1 Å². The predicted octanol–water partition coefficient (Wildman–Crippen LogP) is 2.44. The van der Waals surface area contributed by atoms with Crippen molar-refractivity contribution in [3.63, 3.8) is 0 Å². The molecule has 0 aromatic heterocycles. The third-order valence-corrected chi connectivity index (χ3v) is 3.65. The number of hydrogen-bond donors (Lipinski definition) is 1. The second-order valence-electron chi connectivity index (χ2n) is 5.12. The number of nitrogens with zero attached hydrogens (tertiary/aromatic N) is 1. The fraction of sp³-hybridized carbons (Fsp3) is 0.571. The van der Waals surface area contributed by atoms with Crippen LogP contribution < -0.4 is 5.32 Å². The largest absolute Gasteiger partial charge is 0.416 e. The summed E-state index contributed by atoms with van der Waals surface area (Å²) in [5.41, 5.74) is -0.891. The minimum Gasteiger partial charge on any atom is -0.374 e. The van der Waals surface area contributed by atoms with Crippen molar-refractivity contribution in [2.45, 2.75) is 18.3 Å². The molecular weight excluding hydrogens is 288 g/mol. The van der Waals surface area contributed by atoms with Gasteiger partial charge < -0.3 is 10.1 Å². The first kappa shape index (κ1) is 16.2. The summed E-state index contributed by atoms with van der Waals surface area (Å²) in [5, 5.41) is 2.92. The summed E-state index contributed by atoms with van der Waals surface area (Å²) in [4.78, 5) is 1.81. The van der Waals surface area contributed by atoms with Crippen molar-refractivity contribution in [2.24, 2.45) is 0 Å². The van der Waals surface area contributed by atoms with E-state index in [0.717, 1.165) is 6.07 Å². The van der Waals surface area contributed by atoms with Gasteiger partial charge in [0.05, 0.1) is 24.3 Å². The Kier molecular flexibility index (Phi) is 4.85. The van der Waals surface area contributed by atoms with Crippen LogP contribution in [0.5, 0.6) is 0 Å². The molecule has 0 saturated carbocycles. The zero-order chi connectivity index (χ0) is 15.6. The Hall–Kier alpha value is -1.18. The first-order valence-corrected chi connectivity index (χ1v) is 6.67. The van der Waals surface area contributed by atoms with Crippen LogP contribution in [-0.2, 0) is 10.9 Å². The molecule has 21 heavy (non-hydrogen) atoms. The van der Waals surface area contributed by atoms with E-state index in [1.165, 1.54) is 6.07 Å². The molecule has 118 valence electrons. The highest BCUT2D eigenvalue weighted by atomic mass is 19.4. The van der Waals surface area contributed by atoms with Gasteiger partial charge >= 0.3 is 6.18 Å². The van der Waals surface area contributed by atoms with Gasteiger partial charge in [0.1, 0.15) is 5.82 Å². The fourth-order valence-electron chi connectivity index (χ4n) is 2.70. The van der Waals surface area contributed by atoms with Crippen molar-refractivity contribution in [1.82, 2.24) is 10.2 Å². The molecule has 0 amide bonds. The van der Waals surface area contributed by atoms with E-state index in [9.17, 15) is 17.6 Å². The zero-order valence-corrected chi connectivity index (χ0v) is 11.9. The molecule has 1 aliphatic rings. The number of alkyl halides is 3. The number of hydrogen-bond acceptors (Lipinski definition) is 3. The van der Waals surface area contributed by atoms with Crippen molar-refractivity contribution in [1.29, 1.82) is 0 Å². The lowest BCUT2D eigenvalue weighted by Gasteiger charge is -2.40. The van der Waals surface area contributed by atoms with E-state index in [-0.39, 0.29) is 5.56 Å². The molecule has 0 bridgehead atoms. The normalized spacial score (nSPS) is 24.3. The summed E-state index contributed by atoms with van der Waals surface area (Å²) in [7, 11) is 3.46. The van der Waals surface area contributed by atoms with E-state index in [0.29, 0.717) is 25.8 Å². The van der Waals surface area contributed by atoms with Crippen LogP contribution in [0.2, 0.25) is 0 Å². The molecule has 0 radical (unpaired) electrons. The van der Waals surface area contributed by atoms with Gasteiger partial charge in [-0.2, -0.15) is 13.2 Å². The maximum atomic E-state index is 13.2. The summed E-state index contributed by atoms with van der Waals surface area (Å²) in [5.74, 6) is -0.893. The predicted molar refractivity (Wildman–Crippen MR) is 70.4 cm³/mol. The molecule has 1 N–H and O–H groups in total. The Morgan fingerprint density at radius 3 is 2.71 bits per heavy atom. The van der Waals surface area contributed by atoms with E-state index < -0.39 is 29.7 Å². The van der Waals surface area contributed by atoms with Crippen LogP contribution in [0.15, 0.2) is 18.2 Å². The molecule has 1 aromatic rings. The third kappa shape index (κ3) is 3.53. The van der Waals surface area contributed by atoms with Gasteiger partial charge in [-0.25, -0.2) is 4.39 Å². The zero-order valence-electron chi connectivity index (χ0n) is 11.9. The Bertz CT molecular complexity index is 490. The molecule has 1 aromatic carbocycles. The lowest BCUT2D eigenvalue weighted by Crippen LogP contribution is -2.47. The Morgan fingerprint density at radius 2 is 2.10 bits per heavy atom. The minimum atomic E-state index is -4.60. The summed E-state index contributed by atoms with van der Waals surface area (Å²) in [6.07, 6.45) is -5.01.